The predicted molar refractivity (Wildman–Crippen MR) is 143 cm³/mol. The third kappa shape index (κ3) is 8.39. The van der Waals surface area contributed by atoms with Crippen LogP contribution >= 0.6 is 0 Å². The molecule has 1 heterocycles. The zero-order valence-electron chi connectivity index (χ0n) is 21.4. The normalized spacial score (nSPS) is 14.4. The molecule has 1 aliphatic rings. The van der Waals surface area contributed by atoms with Gasteiger partial charge in [0.15, 0.2) is 6.61 Å². The fourth-order valence-electron chi connectivity index (χ4n) is 4.36. The highest BCUT2D eigenvalue weighted by molar-refractivity contribution is 5.88. The number of nitrogens with zero attached hydrogens (tertiary/aromatic N) is 2. The monoisotopic (exact) mass is 519 g/mol. The third-order valence-corrected chi connectivity index (χ3v) is 6.47. The minimum absolute atomic E-state index is 0.144. The number of hydrogen-bond donors (Lipinski definition) is 1. The number of carbonyl (C=O) groups is 2. The lowest BCUT2D eigenvalue weighted by atomic mass is 10.0. The van der Waals surface area contributed by atoms with Crippen LogP contribution in [0.1, 0.15) is 11.1 Å². The smallest absolute Gasteiger partial charge is 0.261 e. The van der Waals surface area contributed by atoms with Crippen molar-refractivity contribution in [1.82, 2.24) is 15.1 Å². The van der Waals surface area contributed by atoms with Crippen molar-refractivity contribution in [1.29, 1.82) is 0 Å². The SMILES string of the molecule is O=C(NCCN1CCOCC1)[C@@H](Cc1ccccc1)N(Cc1ccc(F)cc1)C(=O)COc1ccccc1. The Morgan fingerprint density at radius 2 is 1.58 bits per heavy atom. The summed E-state index contributed by atoms with van der Waals surface area (Å²) in [6, 6.07) is 23.9. The number of morpholine rings is 1. The molecule has 3 aromatic carbocycles. The van der Waals surface area contributed by atoms with Crippen molar-refractivity contribution in [3.8, 4) is 5.75 Å². The Bertz CT molecular complexity index is 1140. The number of para-hydroxylation sites is 1. The van der Waals surface area contributed by atoms with Gasteiger partial charge in [0, 0.05) is 39.1 Å². The molecule has 7 nitrogen and oxygen atoms in total. The first kappa shape index (κ1) is 27.3. The van der Waals surface area contributed by atoms with E-state index in [4.69, 9.17) is 9.47 Å². The average Bonchev–Trinajstić information content (AvgIpc) is 2.96. The van der Waals surface area contributed by atoms with E-state index in [9.17, 15) is 14.0 Å². The fourth-order valence-corrected chi connectivity index (χ4v) is 4.36. The molecule has 1 saturated heterocycles. The van der Waals surface area contributed by atoms with Crippen LogP contribution in [-0.4, -0.2) is 73.7 Å². The molecule has 1 fully saturated rings. The summed E-state index contributed by atoms with van der Waals surface area (Å²) in [7, 11) is 0. The fraction of sp³-hybridized carbons (Fsp3) is 0.333. The summed E-state index contributed by atoms with van der Waals surface area (Å²) >= 11 is 0. The van der Waals surface area contributed by atoms with E-state index in [2.05, 4.69) is 10.2 Å². The van der Waals surface area contributed by atoms with Gasteiger partial charge >= 0.3 is 0 Å². The number of halogens is 1. The highest BCUT2D eigenvalue weighted by Crippen LogP contribution is 2.16. The van der Waals surface area contributed by atoms with E-state index in [0.29, 0.717) is 38.5 Å². The highest BCUT2D eigenvalue weighted by atomic mass is 19.1. The van der Waals surface area contributed by atoms with Crippen LogP contribution in [0.15, 0.2) is 84.9 Å². The molecule has 1 N–H and O–H groups in total. The van der Waals surface area contributed by atoms with Gasteiger partial charge in [-0.3, -0.25) is 14.5 Å². The van der Waals surface area contributed by atoms with Crippen molar-refractivity contribution < 1.29 is 23.5 Å². The van der Waals surface area contributed by atoms with E-state index < -0.39 is 6.04 Å². The molecule has 2 amide bonds. The van der Waals surface area contributed by atoms with Gasteiger partial charge in [0.2, 0.25) is 5.91 Å². The summed E-state index contributed by atoms with van der Waals surface area (Å²) in [4.78, 5) is 31.0. The van der Waals surface area contributed by atoms with Crippen molar-refractivity contribution in [2.45, 2.75) is 19.0 Å². The first-order valence-electron chi connectivity index (χ1n) is 12.9. The molecule has 0 radical (unpaired) electrons. The quantitative estimate of drug-likeness (QED) is 0.398. The van der Waals surface area contributed by atoms with E-state index >= 15 is 0 Å². The van der Waals surface area contributed by atoms with Crippen molar-refractivity contribution in [3.63, 3.8) is 0 Å². The van der Waals surface area contributed by atoms with Gasteiger partial charge in [-0.1, -0.05) is 60.7 Å². The van der Waals surface area contributed by atoms with Crippen LogP contribution in [-0.2, 0) is 27.3 Å². The minimum atomic E-state index is -0.779. The zero-order chi connectivity index (χ0) is 26.6. The predicted octanol–water partition coefficient (Wildman–Crippen LogP) is 3.29. The van der Waals surface area contributed by atoms with Gasteiger partial charge < -0.3 is 19.7 Å². The summed E-state index contributed by atoms with van der Waals surface area (Å²) in [6.07, 6.45) is 0.336. The lowest BCUT2D eigenvalue weighted by Crippen LogP contribution is -2.52. The number of hydrogen-bond acceptors (Lipinski definition) is 5. The van der Waals surface area contributed by atoms with Gasteiger partial charge in [-0.15, -0.1) is 0 Å². The molecular formula is C30H34FN3O4. The second-order valence-electron chi connectivity index (χ2n) is 9.20. The molecule has 0 bridgehead atoms. The largest absolute Gasteiger partial charge is 0.484 e. The molecule has 200 valence electrons. The van der Waals surface area contributed by atoms with Crippen LogP contribution in [0.25, 0.3) is 0 Å². The van der Waals surface area contributed by atoms with Crippen LogP contribution in [0.5, 0.6) is 5.75 Å². The second kappa shape index (κ2) is 14.3. The lowest BCUT2D eigenvalue weighted by molar-refractivity contribution is -0.142. The topological polar surface area (TPSA) is 71.1 Å². The number of benzene rings is 3. The van der Waals surface area contributed by atoms with Crippen LogP contribution in [0.3, 0.4) is 0 Å². The Morgan fingerprint density at radius 3 is 2.26 bits per heavy atom. The Hall–Kier alpha value is -3.75. The van der Waals surface area contributed by atoms with E-state index in [1.165, 1.54) is 17.0 Å². The molecule has 1 atom stereocenters. The van der Waals surface area contributed by atoms with Gasteiger partial charge in [-0.25, -0.2) is 4.39 Å². The Balaban J connectivity index is 1.53. The van der Waals surface area contributed by atoms with Gasteiger partial charge in [-0.2, -0.15) is 0 Å². The zero-order valence-corrected chi connectivity index (χ0v) is 21.4. The third-order valence-electron chi connectivity index (χ3n) is 6.47. The van der Waals surface area contributed by atoms with E-state index in [-0.39, 0.29) is 30.8 Å². The maximum absolute atomic E-state index is 13.6. The standard InChI is InChI=1S/C30H34FN3O4/c31-26-13-11-25(12-14-26)22-34(29(35)23-38-27-9-5-2-6-10-27)28(21-24-7-3-1-4-8-24)30(36)32-15-16-33-17-19-37-20-18-33/h1-14,28H,15-23H2,(H,32,36)/t28-/m1/s1. The van der Waals surface area contributed by atoms with E-state index in [1.807, 2.05) is 48.5 Å². The Morgan fingerprint density at radius 1 is 0.921 bits per heavy atom. The summed E-state index contributed by atoms with van der Waals surface area (Å²) in [5.74, 6) is -0.363. The van der Waals surface area contributed by atoms with Crippen molar-refractivity contribution in [2.24, 2.45) is 0 Å². The summed E-state index contributed by atoms with van der Waals surface area (Å²) in [6.45, 7) is 4.12. The van der Waals surface area contributed by atoms with Gasteiger partial charge in [0.1, 0.15) is 17.6 Å². The minimum Gasteiger partial charge on any atom is -0.484 e. The Labute approximate surface area is 223 Å². The first-order chi connectivity index (χ1) is 18.6. The van der Waals surface area contributed by atoms with Gasteiger partial charge in [0.25, 0.3) is 5.91 Å². The van der Waals surface area contributed by atoms with Crippen LogP contribution in [0.2, 0.25) is 0 Å². The number of rotatable bonds is 12. The molecule has 3 aromatic rings. The van der Waals surface area contributed by atoms with Crippen molar-refractivity contribution in [2.75, 3.05) is 46.0 Å². The molecule has 0 spiro atoms. The van der Waals surface area contributed by atoms with Crippen LogP contribution < -0.4 is 10.1 Å². The van der Waals surface area contributed by atoms with Crippen molar-refractivity contribution in [3.05, 3.63) is 102 Å². The molecule has 0 saturated carbocycles. The second-order valence-corrected chi connectivity index (χ2v) is 9.20. The lowest BCUT2D eigenvalue weighted by Gasteiger charge is -2.32. The summed E-state index contributed by atoms with van der Waals surface area (Å²) < 4.78 is 24.7. The number of carbonyl (C=O) groups excluding carboxylic acids is 2. The summed E-state index contributed by atoms with van der Waals surface area (Å²) in [5.41, 5.74) is 1.65. The van der Waals surface area contributed by atoms with Crippen LogP contribution in [0.4, 0.5) is 4.39 Å². The van der Waals surface area contributed by atoms with Gasteiger partial charge in [-0.05, 0) is 35.4 Å². The number of nitrogens with one attached hydrogen (secondary N) is 1. The highest BCUT2D eigenvalue weighted by Gasteiger charge is 2.30. The maximum Gasteiger partial charge on any atom is 0.261 e. The molecule has 8 heteroatoms. The average molecular weight is 520 g/mol. The first-order valence-corrected chi connectivity index (χ1v) is 12.9. The maximum atomic E-state index is 13.6. The molecule has 0 aliphatic carbocycles. The number of amides is 2. The van der Waals surface area contributed by atoms with E-state index in [1.54, 1.807) is 24.3 Å². The van der Waals surface area contributed by atoms with Gasteiger partial charge in [0.05, 0.1) is 13.2 Å². The Kier molecular flexibility index (Phi) is 10.2. The summed E-state index contributed by atoms with van der Waals surface area (Å²) in [5, 5.41) is 3.04. The number of ether oxygens (including phenoxy) is 2. The molecule has 0 aromatic heterocycles. The van der Waals surface area contributed by atoms with E-state index in [0.717, 1.165) is 24.2 Å². The molecule has 0 unspecified atom stereocenters. The van der Waals surface area contributed by atoms with Crippen LogP contribution in [0, 0.1) is 5.82 Å². The molecule has 1 aliphatic heterocycles. The molecular weight excluding hydrogens is 485 g/mol. The molecule has 4 rings (SSSR count). The molecule has 38 heavy (non-hydrogen) atoms. The van der Waals surface area contributed by atoms with Crippen molar-refractivity contribution >= 4 is 11.8 Å².